The van der Waals surface area contributed by atoms with Crippen LogP contribution >= 0.6 is 0 Å². The number of pyridine rings is 1. The molecule has 0 saturated heterocycles. The van der Waals surface area contributed by atoms with Crippen molar-refractivity contribution in [2.24, 2.45) is 0 Å². The first-order valence-corrected chi connectivity index (χ1v) is 11.7. The SMILES string of the molecule is CCc1ccc(-c2nc3cc(NC(=O)c4cc(C#N)cnc4S(C)(=O)=O)cc(F)c3o2)cc1. The number of nitrogens with one attached hydrogen (secondary N) is 1. The van der Waals surface area contributed by atoms with Crippen molar-refractivity contribution in [3.8, 4) is 17.5 Å². The minimum absolute atomic E-state index is 0.00409. The van der Waals surface area contributed by atoms with E-state index < -0.39 is 26.6 Å². The van der Waals surface area contributed by atoms with E-state index in [0.29, 0.717) is 5.56 Å². The number of nitrogens with zero attached hydrogens (tertiary/aromatic N) is 3. The third kappa shape index (κ3) is 4.44. The molecule has 4 rings (SSSR count). The number of carbonyl (C=O) groups is 1. The van der Waals surface area contributed by atoms with Crippen LogP contribution in [0.5, 0.6) is 0 Å². The molecule has 0 bridgehead atoms. The molecule has 0 spiro atoms. The molecule has 0 aliphatic heterocycles. The second-order valence-electron chi connectivity index (χ2n) is 7.29. The highest BCUT2D eigenvalue weighted by molar-refractivity contribution is 7.90. The number of fused-ring (bicyclic) bond motifs is 1. The summed E-state index contributed by atoms with van der Waals surface area (Å²) in [5.41, 5.74) is 1.62. The summed E-state index contributed by atoms with van der Waals surface area (Å²) in [5, 5.41) is 11.0. The lowest BCUT2D eigenvalue weighted by Gasteiger charge is -2.09. The Morgan fingerprint density at radius 2 is 1.94 bits per heavy atom. The van der Waals surface area contributed by atoms with Gasteiger partial charge in [-0.15, -0.1) is 0 Å². The zero-order chi connectivity index (χ0) is 23.8. The van der Waals surface area contributed by atoms with Gasteiger partial charge in [0.25, 0.3) is 5.91 Å². The van der Waals surface area contributed by atoms with Crippen LogP contribution in [0, 0.1) is 17.1 Å². The zero-order valence-electron chi connectivity index (χ0n) is 17.6. The third-order valence-corrected chi connectivity index (χ3v) is 5.92. The zero-order valence-corrected chi connectivity index (χ0v) is 18.4. The molecule has 8 nitrogen and oxygen atoms in total. The molecule has 166 valence electrons. The number of nitriles is 1. The number of oxazole rings is 1. The molecule has 10 heteroatoms. The van der Waals surface area contributed by atoms with Crippen LogP contribution in [0.3, 0.4) is 0 Å². The number of aromatic nitrogens is 2. The van der Waals surface area contributed by atoms with Gasteiger partial charge in [-0.3, -0.25) is 4.79 Å². The number of aryl methyl sites for hydroxylation is 1. The number of hydrogen-bond acceptors (Lipinski definition) is 7. The summed E-state index contributed by atoms with van der Waals surface area (Å²) in [6.45, 7) is 2.03. The van der Waals surface area contributed by atoms with Gasteiger partial charge in [0.15, 0.2) is 26.3 Å². The van der Waals surface area contributed by atoms with E-state index >= 15 is 0 Å². The molecular formula is C23H17FN4O4S. The fraction of sp³-hybridized carbons (Fsp3) is 0.130. The molecule has 0 fully saturated rings. The van der Waals surface area contributed by atoms with Crippen molar-refractivity contribution in [1.29, 1.82) is 5.26 Å². The topological polar surface area (TPSA) is 126 Å². The van der Waals surface area contributed by atoms with E-state index in [2.05, 4.69) is 15.3 Å². The van der Waals surface area contributed by atoms with E-state index in [1.165, 1.54) is 6.07 Å². The number of sulfone groups is 1. The molecule has 0 aliphatic rings. The van der Waals surface area contributed by atoms with Crippen molar-refractivity contribution in [2.75, 3.05) is 11.6 Å². The molecule has 2 heterocycles. The predicted octanol–water partition coefficient (Wildman–Crippen LogP) is 4.12. The van der Waals surface area contributed by atoms with Crippen molar-refractivity contribution in [2.45, 2.75) is 18.4 Å². The van der Waals surface area contributed by atoms with Gasteiger partial charge >= 0.3 is 0 Å². The fourth-order valence-corrected chi connectivity index (χ4v) is 4.04. The lowest BCUT2D eigenvalue weighted by atomic mass is 10.1. The minimum Gasteiger partial charge on any atom is -0.433 e. The summed E-state index contributed by atoms with van der Waals surface area (Å²) in [4.78, 5) is 20.8. The Bertz CT molecular complexity index is 1540. The standard InChI is InChI=1S/C23H17FN4O4S/c1-3-13-4-6-15(7-5-13)22-28-19-10-16(9-18(24)20(19)32-22)27-21(29)17-8-14(11-25)12-26-23(17)33(2,30)31/h4-10,12H,3H2,1-2H3,(H,27,29). The lowest BCUT2D eigenvalue weighted by molar-refractivity contribution is 0.102. The lowest BCUT2D eigenvalue weighted by Crippen LogP contribution is -2.17. The maximum absolute atomic E-state index is 14.7. The molecule has 1 amide bonds. The van der Waals surface area contributed by atoms with Crippen LogP contribution in [0.15, 0.2) is 58.1 Å². The van der Waals surface area contributed by atoms with Crippen molar-refractivity contribution >= 4 is 32.5 Å². The molecule has 4 aromatic rings. The number of carbonyl (C=O) groups excluding carboxylic acids is 1. The Hall–Kier alpha value is -4.10. The van der Waals surface area contributed by atoms with Gasteiger partial charge in [-0.05, 0) is 36.2 Å². The predicted molar refractivity (Wildman–Crippen MR) is 119 cm³/mol. The number of benzene rings is 2. The number of halogens is 1. The quantitative estimate of drug-likeness (QED) is 0.471. The highest BCUT2D eigenvalue weighted by Crippen LogP contribution is 2.29. The van der Waals surface area contributed by atoms with Crippen LogP contribution in [0.2, 0.25) is 0 Å². The summed E-state index contributed by atoms with van der Waals surface area (Å²) < 4.78 is 44.3. The largest absolute Gasteiger partial charge is 0.433 e. The summed E-state index contributed by atoms with van der Waals surface area (Å²) >= 11 is 0. The van der Waals surface area contributed by atoms with Crippen LogP contribution in [0.1, 0.15) is 28.4 Å². The van der Waals surface area contributed by atoms with Gasteiger partial charge in [0.2, 0.25) is 5.89 Å². The smallest absolute Gasteiger partial charge is 0.258 e. The minimum atomic E-state index is -3.85. The molecule has 1 N–H and O–H groups in total. The van der Waals surface area contributed by atoms with Gasteiger partial charge in [-0.25, -0.2) is 22.8 Å². The summed E-state index contributed by atoms with van der Waals surface area (Å²) in [5.74, 6) is -1.39. The van der Waals surface area contributed by atoms with Crippen molar-refractivity contribution in [3.63, 3.8) is 0 Å². The van der Waals surface area contributed by atoms with Gasteiger partial charge in [-0.2, -0.15) is 5.26 Å². The van der Waals surface area contributed by atoms with Crippen LogP contribution in [-0.2, 0) is 16.3 Å². The number of anilines is 1. The Morgan fingerprint density at radius 1 is 1.21 bits per heavy atom. The van der Waals surface area contributed by atoms with E-state index in [4.69, 9.17) is 9.68 Å². The van der Waals surface area contributed by atoms with Crippen molar-refractivity contribution in [1.82, 2.24) is 9.97 Å². The van der Waals surface area contributed by atoms with Crippen LogP contribution in [0.25, 0.3) is 22.6 Å². The molecular weight excluding hydrogens is 447 g/mol. The van der Waals surface area contributed by atoms with Gasteiger partial charge in [0.1, 0.15) is 11.6 Å². The number of hydrogen-bond donors (Lipinski definition) is 1. The van der Waals surface area contributed by atoms with E-state index in [1.807, 2.05) is 31.2 Å². The Kier molecular flexibility index (Phi) is 5.66. The van der Waals surface area contributed by atoms with Gasteiger partial charge < -0.3 is 9.73 Å². The van der Waals surface area contributed by atoms with Gasteiger partial charge in [-0.1, -0.05) is 19.1 Å². The number of rotatable bonds is 5. The monoisotopic (exact) mass is 464 g/mol. The van der Waals surface area contributed by atoms with E-state index in [1.54, 1.807) is 6.07 Å². The molecule has 33 heavy (non-hydrogen) atoms. The van der Waals surface area contributed by atoms with E-state index in [-0.39, 0.29) is 33.8 Å². The maximum Gasteiger partial charge on any atom is 0.258 e. The first kappa shape index (κ1) is 22.1. The first-order valence-electron chi connectivity index (χ1n) is 9.80. The Balaban J connectivity index is 1.70. The van der Waals surface area contributed by atoms with E-state index in [0.717, 1.165) is 36.6 Å². The number of amides is 1. The molecule has 0 saturated carbocycles. The van der Waals surface area contributed by atoms with Gasteiger partial charge in [0.05, 0.1) is 11.1 Å². The molecule has 0 unspecified atom stereocenters. The van der Waals surface area contributed by atoms with Gasteiger partial charge in [0, 0.05) is 29.8 Å². The fourth-order valence-electron chi connectivity index (χ4n) is 3.24. The molecule has 2 aromatic carbocycles. The summed E-state index contributed by atoms with van der Waals surface area (Å²) in [6.07, 6.45) is 2.83. The maximum atomic E-state index is 14.7. The average Bonchev–Trinajstić information content (AvgIpc) is 3.23. The van der Waals surface area contributed by atoms with E-state index in [9.17, 15) is 17.6 Å². The molecule has 0 aliphatic carbocycles. The molecule has 0 atom stereocenters. The normalized spacial score (nSPS) is 11.3. The Morgan fingerprint density at radius 3 is 2.58 bits per heavy atom. The second-order valence-corrected chi connectivity index (χ2v) is 9.22. The third-order valence-electron chi connectivity index (χ3n) is 4.89. The summed E-state index contributed by atoms with van der Waals surface area (Å²) in [7, 11) is -3.85. The van der Waals surface area contributed by atoms with Crippen molar-refractivity contribution < 1.29 is 22.0 Å². The van der Waals surface area contributed by atoms with Crippen LogP contribution < -0.4 is 5.32 Å². The highest BCUT2D eigenvalue weighted by Gasteiger charge is 2.22. The first-order chi connectivity index (χ1) is 15.7. The molecule has 0 radical (unpaired) electrons. The van der Waals surface area contributed by atoms with Crippen LogP contribution in [0.4, 0.5) is 10.1 Å². The average molecular weight is 464 g/mol. The Labute approximate surface area is 188 Å². The summed E-state index contributed by atoms with van der Waals surface area (Å²) in [6, 6.07) is 12.9. The van der Waals surface area contributed by atoms with Crippen molar-refractivity contribution in [3.05, 3.63) is 71.2 Å². The highest BCUT2D eigenvalue weighted by atomic mass is 32.2. The van der Waals surface area contributed by atoms with Crippen LogP contribution in [-0.4, -0.2) is 30.5 Å². The second kappa shape index (κ2) is 8.44. The molecule has 2 aromatic heterocycles.